The van der Waals surface area contributed by atoms with E-state index >= 15 is 0 Å². The monoisotopic (exact) mass is 261 g/mol. The van der Waals surface area contributed by atoms with Gasteiger partial charge in [-0.15, -0.1) is 0 Å². The van der Waals surface area contributed by atoms with Crippen LogP contribution in [0.4, 0.5) is 5.69 Å². The Labute approximate surface area is 110 Å². The topological polar surface area (TPSA) is 63.3 Å². The molecular formula is C14H12ClNO2. The number of nitrogen functional groups attached to an aromatic ring is 1. The lowest BCUT2D eigenvalue weighted by Gasteiger charge is -2.14. The molecule has 0 spiro atoms. The number of aliphatic carboxylic acids is 1. The minimum Gasteiger partial charge on any atom is -0.481 e. The molecule has 2 aromatic carbocycles. The number of rotatable bonds is 3. The molecule has 0 radical (unpaired) electrons. The van der Waals surface area contributed by atoms with Gasteiger partial charge in [0.1, 0.15) is 5.92 Å². The third-order valence-corrected chi connectivity index (χ3v) is 3.07. The van der Waals surface area contributed by atoms with Crippen molar-refractivity contribution in [3.05, 3.63) is 64.7 Å². The Balaban J connectivity index is 2.49. The van der Waals surface area contributed by atoms with Crippen LogP contribution in [0.3, 0.4) is 0 Å². The first kappa shape index (κ1) is 12.5. The van der Waals surface area contributed by atoms with Gasteiger partial charge in [-0.1, -0.05) is 48.0 Å². The van der Waals surface area contributed by atoms with E-state index in [9.17, 15) is 9.90 Å². The Morgan fingerprint density at radius 2 is 1.78 bits per heavy atom. The molecule has 0 amide bonds. The van der Waals surface area contributed by atoms with Crippen LogP contribution in [0.15, 0.2) is 48.5 Å². The molecule has 1 atom stereocenters. The Bertz CT molecular complexity index is 569. The van der Waals surface area contributed by atoms with E-state index in [0.717, 1.165) is 0 Å². The van der Waals surface area contributed by atoms with Crippen LogP contribution in [0, 0.1) is 0 Å². The fraction of sp³-hybridized carbons (Fsp3) is 0.0714. The van der Waals surface area contributed by atoms with Crippen molar-refractivity contribution < 1.29 is 9.90 Å². The molecule has 0 aromatic heterocycles. The molecule has 0 saturated heterocycles. The van der Waals surface area contributed by atoms with Gasteiger partial charge in [0.05, 0.1) is 10.7 Å². The highest BCUT2D eigenvalue weighted by atomic mass is 35.5. The van der Waals surface area contributed by atoms with Gasteiger partial charge in [-0.2, -0.15) is 0 Å². The quantitative estimate of drug-likeness (QED) is 0.835. The summed E-state index contributed by atoms with van der Waals surface area (Å²) in [6, 6.07) is 13.9. The Hall–Kier alpha value is -2.00. The second-order valence-corrected chi connectivity index (χ2v) is 4.37. The minimum absolute atomic E-state index is 0.370. The highest BCUT2D eigenvalue weighted by Gasteiger charge is 2.22. The van der Waals surface area contributed by atoms with Crippen LogP contribution in [0.1, 0.15) is 17.0 Å². The van der Waals surface area contributed by atoms with E-state index in [1.54, 1.807) is 30.3 Å². The van der Waals surface area contributed by atoms with Crippen LogP contribution in [0.2, 0.25) is 5.02 Å². The number of carbonyl (C=O) groups is 1. The summed E-state index contributed by atoms with van der Waals surface area (Å²) < 4.78 is 0. The first-order valence-corrected chi connectivity index (χ1v) is 5.80. The summed E-state index contributed by atoms with van der Waals surface area (Å²) >= 11 is 5.93. The number of hydrogen-bond donors (Lipinski definition) is 2. The first-order valence-electron chi connectivity index (χ1n) is 5.42. The molecule has 3 nitrogen and oxygen atoms in total. The summed E-state index contributed by atoms with van der Waals surface area (Å²) in [4.78, 5) is 11.4. The van der Waals surface area contributed by atoms with Crippen LogP contribution >= 0.6 is 11.6 Å². The molecule has 0 aliphatic heterocycles. The molecule has 18 heavy (non-hydrogen) atoms. The molecule has 0 aliphatic rings. The maximum Gasteiger partial charge on any atom is 0.315 e. The van der Waals surface area contributed by atoms with Gasteiger partial charge >= 0.3 is 5.97 Å². The van der Waals surface area contributed by atoms with E-state index in [-0.39, 0.29) is 0 Å². The number of anilines is 1. The van der Waals surface area contributed by atoms with Crippen LogP contribution in [0.25, 0.3) is 0 Å². The molecule has 2 aromatic rings. The van der Waals surface area contributed by atoms with Crippen LogP contribution in [0.5, 0.6) is 0 Å². The average Bonchev–Trinajstić information content (AvgIpc) is 2.35. The van der Waals surface area contributed by atoms with Gasteiger partial charge in [-0.25, -0.2) is 0 Å². The third kappa shape index (κ3) is 2.46. The zero-order valence-corrected chi connectivity index (χ0v) is 10.3. The zero-order valence-electron chi connectivity index (χ0n) is 9.51. The second-order valence-electron chi connectivity index (χ2n) is 3.96. The fourth-order valence-electron chi connectivity index (χ4n) is 1.85. The molecule has 0 saturated carbocycles. The summed E-state index contributed by atoms with van der Waals surface area (Å²) in [5.74, 6) is -1.65. The van der Waals surface area contributed by atoms with Crippen LogP contribution < -0.4 is 5.73 Å². The Morgan fingerprint density at radius 1 is 1.11 bits per heavy atom. The maximum atomic E-state index is 11.4. The summed E-state index contributed by atoms with van der Waals surface area (Å²) in [7, 11) is 0. The number of benzene rings is 2. The molecule has 4 heteroatoms. The molecule has 3 N–H and O–H groups in total. The zero-order chi connectivity index (χ0) is 13.1. The Morgan fingerprint density at radius 3 is 2.33 bits per heavy atom. The Kier molecular flexibility index (Phi) is 3.53. The normalized spacial score (nSPS) is 12.1. The SMILES string of the molecule is Nc1ccc([C@@H](C(=O)O)c2ccccc2)cc1Cl. The van der Waals surface area contributed by atoms with Gasteiger partial charge in [-0.3, -0.25) is 4.79 Å². The van der Waals surface area contributed by atoms with Crippen LogP contribution in [-0.4, -0.2) is 11.1 Å². The molecule has 2 rings (SSSR count). The molecule has 0 unspecified atom stereocenters. The predicted molar refractivity (Wildman–Crippen MR) is 71.8 cm³/mol. The summed E-state index contributed by atoms with van der Waals surface area (Å²) in [6.07, 6.45) is 0. The third-order valence-electron chi connectivity index (χ3n) is 2.74. The van der Waals surface area contributed by atoms with Crippen molar-refractivity contribution in [3.8, 4) is 0 Å². The first-order chi connectivity index (χ1) is 8.59. The largest absolute Gasteiger partial charge is 0.481 e. The van der Waals surface area contributed by atoms with Crippen molar-refractivity contribution in [2.45, 2.75) is 5.92 Å². The van der Waals surface area contributed by atoms with Gasteiger partial charge in [0.25, 0.3) is 0 Å². The van der Waals surface area contributed by atoms with E-state index in [2.05, 4.69) is 0 Å². The number of nitrogens with two attached hydrogens (primary N) is 1. The fourth-order valence-corrected chi connectivity index (χ4v) is 2.04. The van der Waals surface area contributed by atoms with Gasteiger partial charge in [0, 0.05) is 0 Å². The van der Waals surface area contributed by atoms with Crippen molar-refractivity contribution in [2.24, 2.45) is 0 Å². The van der Waals surface area contributed by atoms with E-state index < -0.39 is 11.9 Å². The van der Waals surface area contributed by atoms with Gasteiger partial charge < -0.3 is 10.8 Å². The summed E-state index contributed by atoms with van der Waals surface area (Å²) in [6.45, 7) is 0. The maximum absolute atomic E-state index is 11.4. The van der Waals surface area contributed by atoms with E-state index in [1.807, 2.05) is 18.2 Å². The lowest BCUT2D eigenvalue weighted by atomic mass is 9.91. The molecule has 0 bridgehead atoms. The molecule has 0 aliphatic carbocycles. The van der Waals surface area contributed by atoms with Crippen molar-refractivity contribution in [3.63, 3.8) is 0 Å². The number of hydrogen-bond acceptors (Lipinski definition) is 2. The van der Waals surface area contributed by atoms with Gasteiger partial charge in [0.15, 0.2) is 0 Å². The van der Waals surface area contributed by atoms with E-state index in [0.29, 0.717) is 21.8 Å². The minimum atomic E-state index is -0.915. The van der Waals surface area contributed by atoms with Crippen molar-refractivity contribution >= 4 is 23.3 Å². The van der Waals surface area contributed by atoms with Crippen molar-refractivity contribution in [2.75, 3.05) is 5.73 Å². The van der Waals surface area contributed by atoms with E-state index in [4.69, 9.17) is 17.3 Å². The van der Waals surface area contributed by atoms with Gasteiger partial charge in [0.2, 0.25) is 0 Å². The highest BCUT2D eigenvalue weighted by Crippen LogP contribution is 2.29. The lowest BCUT2D eigenvalue weighted by Crippen LogP contribution is -2.13. The molecule has 0 fully saturated rings. The number of carboxylic acids is 1. The summed E-state index contributed by atoms with van der Waals surface area (Å²) in [5.41, 5.74) is 7.40. The smallest absolute Gasteiger partial charge is 0.315 e. The van der Waals surface area contributed by atoms with Crippen LogP contribution in [-0.2, 0) is 4.79 Å². The highest BCUT2D eigenvalue weighted by molar-refractivity contribution is 6.33. The molecular weight excluding hydrogens is 250 g/mol. The van der Waals surface area contributed by atoms with Crippen molar-refractivity contribution in [1.82, 2.24) is 0 Å². The summed E-state index contributed by atoms with van der Waals surface area (Å²) in [5, 5.41) is 9.74. The van der Waals surface area contributed by atoms with E-state index in [1.165, 1.54) is 0 Å². The average molecular weight is 262 g/mol. The lowest BCUT2D eigenvalue weighted by molar-refractivity contribution is -0.137. The predicted octanol–water partition coefficient (Wildman–Crippen LogP) is 3.14. The number of halogens is 1. The standard InChI is InChI=1S/C14H12ClNO2/c15-11-8-10(6-7-12(11)16)13(14(17)18)9-4-2-1-3-5-9/h1-8,13H,16H2,(H,17,18)/t13-/m0/s1. The number of carboxylic acid groups (broad SMARTS) is 1. The molecule has 0 heterocycles. The van der Waals surface area contributed by atoms with Crippen molar-refractivity contribution in [1.29, 1.82) is 0 Å². The second kappa shape index (κ2) is 5.10. The van der Waals surface area contributed by atoms with Gasteiger partial charge in [-0.05, 0) is 23.3 Å². The molecule has 92 valence electrons.